The van der Waals surface area contributed by atoms with Gasteiger partial charge < -0.3 is 4.90 Å². The maximum absolute atomic E-state index is 12.8. The molecule has 0 atom stereocenters. The van der Waals surface area contributed by atoms with Gasteiger partial charge in [-0.15, -0.1) is 0 Å². The molecular weight excluding hydrogens is 217 g/mol. The van der Waals surface area contributed by atoms with Gasteiger partial charge in [0.2, 0.25) is 0 Å². The summed E-state index contributed by atoms with van der Waals surface area (Å²) in [7, 11) is 2.04. The first kappa shape index (κ1) is 12.2. The van der Waals surface area contributed by atoms with E-state index in [4.69, 9.17) is 0 Å². The molecule has 2 saturated heterocycles. The highest BCUT2D eigenvalue weighted by atomic mass is 19.4. The third kappa shape index (κ3) is 2.07. The molecule has 0 radical (unpaired) electrons. The minimum atomic E-state index is -4.05. The lowest BCUT2D eigenvalue weighted by Crippen LogP contribution is -2.60. The maximum atomic E-state index is 12.8. The highest BCUT2D eigenvalue weighted by Crippen LogP contribution is 2.46. The fourth-order valence-corrected chi connectivity index (χ4v) is 2.56. The second-order valence-electron chi connectivity index (χ2n) is 5.47. The topological polar surface area (TPSA) is 6.48 Å². The van der Waals surface area contributed by atoms with Crippen LogP contribution in [0.4, 0.5) is 13.2 Å². The molecule has 94 valence electrons. The first-order valence-corrected chi connectivity index (χ1v) is 5.81. The van der Waals surface area contributed by atoms with Crippen molar-refractivity contribution >= 4 is 0 Å². The van der Waals surface area contributed by atoms with Gasteiger partial charge in [-0.05, 0) is 33.0 Å². The molecule has 2 heterocycles. The van der Waals surface area contributed by atoms with Gasteiger partial charge in [-0.1, -0.05) is 6.92 Å². The Morgan fingerprint density at radius 1 is 1.12 bits per heavy atom. The molecule has 0 N–H and O–H groups in total. The smallest absolute Gasteiger partial charge is 0.303 e. The number of halogens is 3. The van der Waals surface area contributed by atoms with E-state index >= 15 is 0 Å². The van der Waals surface area contributed by atoms with Crippen LogP contribution in [-0.2, 0) is 0 Å². The SMILES string of the molecule is CN1CC(N2CCC(C)(C(F)(F)F)CC2)C1. The van der Waals surface area contributed by atoms with Crippen molar-refractivity contribution in [2.45, 2.75) is 32.0 Å². The molecular formula is C11H19F3N2. The van der Waals surface area contributed by atoms with Gasteiger partial charge >= 0.3 is 6.18 Å². The summed E-state index contributed by atoms with van der Waals surface area (Å²) in [5.41, 5.74) is -1.46. The Bertz CT molecular complexity index is 250. The number of nitrogens with zero attached hydrogens (tertiary/aromatic N) is 2. The van der Waals surface area contributed by atoms with Gasteiger partial charge in [-0.25, -0.2) is 0 Å². The monoisotopic (exact) mass is 236 g/mol. The summed E-state index contributed by atoms with van der Waals surface area (Å²) < 4.78 is 38.4. The zero-order valence-corrected chi connectivity index (χ0v) is 9.85. The summed E-state index contributed by atoms with van der Waals surface area (Å²) in [6.45, 7) is 4.55. The largest absolute Gasteiger partial charge is 0.394 e. The Balaban J connectivity index is 1.87. The van der Waals surface area contributed by atoms with E-state index < -0.39 is 11.6 Å². The number of likely N-dealkylation sites (tertiary alicyclic amines) is 2. The first-order valence-electron chi connectivity index (χ1n) is 5.81. The summed E-state index contributed by atoms with van der Waals surface area (Å²) in [5.74, 6) is 0. The summed E-state index contributed by atoms with van der Waals surface area (Å²) in [5, 5.41) is 0. The van der Waals surface area contributed by atoms with E-state index in [0.717, 1.165) is 13.1 Å². The summed E-state index contributed by atoms with van der Waals surface area (Å²) in [6, 6.07) is 0.489. The number of hydrogen-bond donors (Lipinski definition) is 0. The van der Waals surface area contributed by atoms with E-state index in [1.54, 1.807) is 0 Å². The van der Waals surface area contributed by atoms with Crippen molar-refractivity contribution in [1.82, 2.24) is 9.80 Å². The van der Waals surface area contributed by atoms with Gasteiger partial charge in [0.25, 0.3) is 0 Å². The van der Waals surface area contributed by atoms with Crippen molar-refractivity contribution in [3.63, 3.8) is 0 Å². The van der Waals surface area contributed by atoms with Crippen LogP contribution in [0.2, 0.25) is 0 Å². The molecule has 0 saturated carbocycles. The lowest BCUT2D eigenvalue weighted by atomic mass is 9.79. The lowest BCUT2D eigenvalue weighted by Gasteiger charge is -2.48. The molecule has 16 heavy (non-hydrogen) atoms. The quantitative estimate of drug-likeness (QED) is 0.686. The number of likely N-dealkylation sites (N-methyl/N-ethyl adjacent to an activating group) is 1. The van der Waals surface area contributed by atoms with Crippen molar-refractivity contribution in [2.24, 2.45) is 5.41 Å². The van der Waals surface area contributed by atoms with Crippen molar-refractivity contribution in [1.29, 1.82) is 0 Å². The van der Waals surface area contributed by atoms with Gasteiger partial charge in [0.15, 0.2) is 0 Å². The zero-order chi connectivity index (χ0) is 12.0. The third-order valence-corrected chi connectivity index (χ3v) is 4.15. The number of piperidine rings is 1. The molecule has 2 nitrogen and oxygen atoms in total. The van der Waals surface area contributed by atoms with Crippen LogP contribution in [0.5, 0.6) is 0 Å². The molecule has 0 aliphatic carbocycles. The number of hydrogen-bond acceptors (Lipinski definition) is 2. The fourth-order valence-electron chi connectivity index (χ4n) is 2.56. The van der Waals surface area contributed by atoms with Gasteiger partial charge in [-0.2, -0.15) is 13.2 Å². The Morgan fingerprint density at radius 3 is 2.00 bits per heavy atom. The van der Waals surface area contributed by atoms with Crippen molar-refractivity contribution in [2.75, 3.05) is 33.2 Å². The molecule has 0 aromatic heterocycles. The second-order valence-corrected chi connectivity index (χ2v) is 5.47. The van der Waals surface area contributed by atoms with Gasteiger partial charge in [0, 0.05) is 19.1 Å². The van der Waals surface area contributed by atoms with Crippen LogP contribution < -0.4 is 0 Å². The van der Waals surface area contributed by atoms with Crippen molar-refractivity contribution in [3.8, 4) is 0 Å². The Labute approximate surface area is 94.4 Å². The second kappa shape index (κ2) is 3.88. The Hall–Kier alpha value is -0.290. The molecule has 0 spiro atoms. The van der Waals surface area contributed by atoms with Crippen LogP contribution in [0.3, 0.4) is 0 Å². The van der Waals surface area contributed by atoms with Gasteiger partial charge in [-0.3, -0.25) is 4.90 Å². The predicted molar refractivity (Wildman–Crippen MR) is 56.3 cm³/mol. The minimum Gasteiger partial charge on any atom is -0.303 e. The molecule has 0 aromatic carbocycles. The van der Waals surface area contributed by atoms with Crippen molar-refractivity contribution < 1.29 is 13.2 Å². The van der Waals surface area contributed by atoms with E-state index in [0.29, 0.717) is 19.1 Å². The van der Waals surface area contributed by atoms with E-state index in [2.05, 4.69) is 9.80 Å². The standard InChI is InChI=1S/C11H19F3N2/c1-10(11(12,13)14)3-5-16(6-4-10)9-7-15(2)8-9/h9H,3-8H2,1-2H3. The highest BCUT2D eigenvalue weighted by molar-refractivity contribution is 4.93. The molecule has 0 aromatic rings. The Kier molecular flexibility index (Phi) is 2.95. The van der Waals surface area contributed by atoms with Crippen LogP contribution in [0, 0.1) is 5.41 Å². The number of rotatable bonds is 1. The maximum Gasteiger partial charge on any atom is 0.394 e. The third-order valence-electron chi connectivity index (χ3n) is 4.15. The molecule has 2 rings (SSSR count). The van der Waals surface area contributed by atoms with Crippen LogP contribution >= 0.6 is 0 Å². The zero-order valence-electron chi connectivity index (χ0n) is 9.85. The molecule has 5 heteroatoms. The van der Waals surface area contributed by atoms with E-state index in [1.807, 2.05) is 7.05 Å². The molecule has 0 bridgehead atoms. The van der Waals surface area contributed by atoms with Crippen LogP contribution in [0.1, 0.15) is 19.8 Å². The number of alkyl halides is 3. The summed E-state index contributed by atoms with van der Waals surface area (Å²) >= 11 is 0. The van der Waals surface area contributed by atoms with Crippen molar-refractivity contribution in [3.05, 3.63) is 0 Å². The summed E-state index contributed by atoms with van der Waals surface area (Å²) in [4.78, 5) is 4.41. The predicted octanol–water partition coefficient (Wildman–Crippen LogP) is 1.96. The molecule has 0 amide bonds. The molecule has 0 unspecified atom stereocenters. The molecule has 2 fully saturated rings. The normalized spacial score (nSPS) is 29.1. The van der Waals surface area contributed by atoms with E-state index in [-0.39, 0.29) is 12.8 Å². The first-order chi connectivity index (χ1) is 7.32. The van der Waals surface area contributed by atoms with E-state index in [9.17, 15) is 13.2 Å². The molecule has 2 aliphatic rings. The highest BCUT2D eigenvalue weighted by Gasteiger charge is 2.52. The van der Waals surface area contributed by atoms with E-state index in [1.165, 1.54) is 6.92 Å². The lowest BCUT2D eigenvalue weighted by molar-refractivity contribution is -0.233. The van der Waals surface area contributed by atoms with Gasteiger partial charge in [0.1, 0.15) is 0 Å². The van der Waals surface area contributed by atoms with Crippen LogP contribution in [0.25, 0.3) is 0 Å². The fraction of sp³-hybridized carbons (Fsp3) is 1.00. The molecule has 2 aliphatic heterocycles. The van der Waals surface area contributed by atoms with Gasteiger partial charge in [0.05, 0.1) is 5.41 Å². The average molecular weight is 236 g/mol. The Morgan fingerprint density at radius 2 is 1.62 bits per heavy atom. The van der Waals surface area contributed by atoms with Crippen LogP contribution in [0.15, 0.2) is 0 Å². The average Bonchev–Trinajstić information content (AvgIpc) is 2.13. The summed E-state index contributed by atoms with van der Waals surface area (Å²) in [6.07, 6.45) is -3.55. The van der Waals surface area contributed by atoms with Crippen LogP contribution in [-0.4, -0.2) is 55.2 Å². The minimum absolute atomic E-state index is 0.247.